The Morgan fingerprint density at radius 1 is 1.11 bits per heavy atom. The van der Waals surface area contributed by atoms with E-state index in [1.165, 1.54) is 9.80 Å². The molecule has 2 aromatic carbocycles. The van der Waals surface area contributed by atoms with Gasteiger partial charge in [-0.2, -0.15) is 0 Å². The van der Waals surface area contributed by atoms with Crippen LogP contribution in [0.5, 0.6) is 0 Å². The van der Waals surface area contributed by atoms with Gasteiger partial charge in [0.25, 0.3) is 5.91 Å². The van der Waals surface area contributed by atoms with Gasteiger partial charge in [0, 0.05) is 7.05 Å². The van der Waals surface area contributed by atoms with Gasteiger partial charge in [-0.1, -0.05) is 47.5 Å². The van der Waals surface area contributed by atoms with E-state index in [2.05, 4.69) is 9.98 Å². The van der Waals surface area contributed by atoms with Gasteiger partial charge in [-0.25, -0.2) is 14.3 Å². The van der Waals surface area contributed by atoms with Crippen molar-refractivity contribution < 1.29 is 14.2 Å². The third-order valence-electron chi connectivity index (χ3n) is 5.72. The van der Waals surface area contributed by atoms with Crippen molar-refractivity contribution in [1.82, 2.24) is 14.8 Å². The van der Waals surface area contributed by atoms with Gasteiger partial charge in [0.2, 0.25) is 11.9 Å². The first-order chi connectivity index (χ1) is 13.5. The number of rotatable bonds is 2. The van der Waals surface area contributed by atoms with Crippen LogP contribution < -0.4 is 4.57 Å². The van der Waals surface area contributed by atoms with Crippen molar-refractivity contribution in [3.8, 4) is 0 Å². The molecule has 3 amide bonds. The lowest BCUT2D eigenvalue weighted by molar-refractivity contribution is -0.682. The molecule has 3 aromatic rings. The molecule has 3 heterocycles. The summed E-state index contributed by atoms with van der Waals surface area (Å²) >= 11 is 0. The summed E-state index contributed by atoms with van der Waals surface area (Å²) in [4.78, 5) is 36.9. The van der Waals surface area contributed by atoms with Crippen molar-refractivity contribution in [2.45, 2.75) is 26.4 Å². The van der Waals surface area contributed by atoms with Gasteiger partial charge in [0.05, 0.1) is 6.54 Å². The van der Waals surface area contributed by atoms with Crippen LogP contribution in [-0.4, -0.2) is 39.6 Å². The number of hydrogen-bond acceptors (Lipinski definition) is 3. The molecule has 0 spiro atoms. The standard InChI is InChI=1S/C21H19N5O2/c1-12-13(2)26-17-18(23-20(26)22-12)24(3)21(28)25(19(17)27)11-15-9-6-8-14-7-4-5-10-16(14)15/h4-10,17H,11H2,1-3H3/p+1. The fraction of sp³-hybridized carbons (Fsp3) is 0.238. The van der Waals surface area contributed by atoms with E-state index >= 15 is 0 Å². The Labute approximate surface area is 161 Å². The normalized spacial score (nSPS) is 18.5. The molecule has 1 fully saturated rings. The van der Waals surface area contributed by atoms with Gasteiger partial charge in [-0.05, 0) is 30.2 Å². The molecular formula is C21H20N5O2+. The molecule has 7 heteroatoms. The van der Waals surface area contributed by atoms with Crippen molar-refractivity contribution in [2.24, 2.45) is 4.99 Å². The number of benzene rings is 2. The average molecular weight is 374 g/mol. The zero-order valence-corrected chi connectivity index (χ0v) is 15.9. The molecule has 28 heavy (non-hydrogen) atoms. The van der Waals surface area contributed by atoms with Crippen LogP contribution in [0.2, 0.25) is 0 Å². The molecule has 0 saturated carbocycles. The smallest absolute Gasteiger partial charge is 0.270 e. The maximum Gasteiger partial charge on any atom is 0.399 e. The number of hydrogen-bond donors (Lipinski definition) is 1. The van der Waals surface area contributed by atoms with Crippen LogP contribution in [-0.2, 0) is 11.3 Å². The Bertz CT molecular complexity index is 1190. The van der Waals surface area contributed by atoms with Crippen molar-refractivity contribution in [3.63, 3.8) is 0 Å². The largest absolute Gasteiger partial charge is 0.399 e. The number of aryl methyl sites for hydroxylation is 1. The first kappa shape index (κ1) is 16.7. The number of aromatic amines is 1. The summed E-state index contributed by atoms with van der Waals surface area (Å²) in [6.45, 7) is 4.13. The van der Waals surface area contributed by atoms with Crippen LogP contribution in [0.3, 0.4) is 0 Å². The fourth-order valence-electron chi connectivity index (χ4n) is 4.09. The molecule has 7 nitrogen and oxygen atoms in total. The molecule has 2 aliphatic heterocycles. The highest BCUT2D eigenvalue weighted by atomic mass is 16.2. The molecule has 1 aromatic heterocycles. The van der Waals surface area contributed by atoms with E-state index in [1.54, 1.807) is 7.05 Å². The molecular weight excluding hydrogens is 354 g/mol. The number of amidine groups is 1. The highest BCUT2D eigenvalue weighted by Crippen LogP contribution is 2.30. The van der Waals surface area contributed by atoms with Crippen LogP contribution in [0.15, 0.2) is 47.5 Å². The van der Waals surface area contributed by atoms with E-state index < -0.39 is 6.04 Å². The fourth-order valence-corrected chi connectivity index (χ4v) is 4.09. The van der Waals surface area contributed by atoms with E-state index in [-0.39, 0.29) is 18.5 Å². The second kappa shape index (κ2) is 5.76. The van der Waals surface area contributed by atoms with Gasteiger partial charge in [0.1, 0.15) is 11.4 Å². The minimum atomic E-state index is -0.613. The Kier molecular flexibility index (Phi) is 3.43. The highest BCUT2D eigenvalue weighted by Gasteiger charge is 2.53. The third kappa shape index (κ3) is 2.16. The molecule has 140 valence electrons. The molecule has 0 radical (unpaired) electrons. The summed E-state index contributed by atoms with van der Waals surface area (Å²) < 4.78 is 1.88. The number of amides is 3. The zero-order valence-electron chi connectivity index (χ0n) is 15.9. The topological polar surface area (TPSA) is 72.7 Å². The van der Waals surface area contributed by atoms with Gasteiger partial charge < -0.3 is 0 Å². The number of likely N-dealkylation sites (N-methyl/N-ethyl adjacent to an activating group) is 1. The van der Waals surface area contributed by atoms with E-state index in [1.807, 2.05) is 60.9 Å². The number of aliphatic imine (C=N–C) groups is 1. The molecule has 1 unspecified atom stereocenters. The summed E-state index contributed by atoms with van der Waals surface area (Å²) in [7, 11) is 1.67. The summed E-state index contributed by atoms with van der Waals surface area (Å²) in [5.41, 5.74) is 2.85. The number of imidazole rings is 1. The Morgan fingerprint density at radius 2 is 1.86 bits per heavy atom. The second-order valence-corrected chi connectivity index (χ2v) is 7.31. The van der Waals surface area contributed by atoms with Crippen molar-refractivity contribution in [2.75, 3.05) is 7.05 Å². The number of carbonyl (C=O) groups excluding carboxylic acids is 2. The number of imide groups is 1. The summed E-state index contributed by atoms with van der Waals surface area (Å²) in [5.74, 6) is 0.828. The van der Waals surface area contributed by atoms with Crippen molar-refractivity contribution >= 4 is 34.5 Å². The lowest BCUT2D eigenvalue weighted by Crippen LogP contribution is -2.63. The quantitative estimate of drug-likeness (QED) is 0.701. The lowest BCUT2D eigenvalue weighted by Gasteiger charge is -2.33. The molecule has 5 rings (SSSR count). The number of fused-ring (bicyclic) bond motifs is 4. The maximum atomic E-state index is 13.4. The Balaban J connectivity index is 1.58. The summed E-state index contributed by atoms with van der Waals surface area (Å²) in [6, 6.07) is 13.0. The summed E-state index contributed by atoms with van der Waals surface area (Å²) in [6.07, 6.45) is 0. The minimum Gasteiger partial charge on any atom is -0.270 e. The Morgan fingerprint density at radius 3 is 2.68 bits per heavy atom. The second-order valence-electron chi connectivity index (χ2n) is 7.31. The van der Waals surface area contributed by atoms with Crippen LogP contribution in [0, 0.1) is 13.8 Å². The predicted octanol–water partition coefficient (Wildman–Crippen LogP) is 2.75. The van der Waals surface area contributed by atoms with E-state index in [0.29, 0.717) is 11.8 Å². The van der Waals surface area contributed by atoms with Crippen molar-refractivity contribution in [3.05, 3.63) is 59.4 Å². The molecule has 1 N–H and O–H groups in total. The number of nitrogens with one attached hydrogen (secondary N) is 1. The highest BCUT2D eigenvalue weighted by molar-refractivity contribution is 6.19. The van der Waals surface area contributed by atoms with Crippen LogP contribution >= 0.6 is 0 Å². The van der Waals surface area contributed by atoms with Crippen LogP contribution in [0.4, 0.5) is 10.7 Å². The minimum absolute atomic E-state index is 0.228. The van der Waals surface area contributed by atoms with Gasteiger partial charge >= 0.3 is 12.0 Å². The van der Waals surface area contributed by atoms with Gasteiger partial charge in [0.15, 0.2) is 0 Å². The number of nitrogens with zero attached hydrogens (tertiary/aromatic N) is 4. The Hall–Kier alpha value is -3.48. The van der Waals surface area contributed by atoms with E-state index in [4.69, 9.17) is 0 Å². The molecule has 2 aliphatic rings. The monoisotopic (exact) mass is 374 g/mol. The maximum absolute atomic E-state index is 13.4. The number of urea groups is 1. The average Bonchev–Trinajstić information content (AvgIpc) is 3.20. The van der Waals surface area contributed by atoms with Gasteiger partial charge in [-0.3, -0.25) is 14.6 Å². The van der Waals surface area contributed by atoms with Crippen molar-refractivity contribution in [1.29, 1.82) is 0 Å². The predicted molar refractivity (Wildman–Crippen MR) is 104 cm³/mol. The number of aromatic nitrogens is 2. The third-order valence-corrected chi connectivity index (χ3v) is 5.72. The molecule has 1 atom stereocenters. The molecule has 1 saturated heterocycles. The van der Waals surface area contributed by atoms with Gasteiger partial charge in [-0.15, -0.1) is 0 Å². The molecule has 0 bridgehead atoms. The lowest BCUT2D eigenvalue weighted by atomic mass is 10.0. The number of H-pyrrole nitrogens is 1. The van der Waals surface area contributed by atoms with E-state index in [0.717, 1.165) is 27.7 Å². The van der Waals surface area contributed by atoms with E-state index in [9.17, 15) is 9.59 Å². The SMILES string of the molecule is Cc1[nH]c2[n+](c1C)C1C(=O)N(Cc3cccc4ccccc34)C(=O)N(C)C1=N2. The van der Waals surface area contributed by atoms with Crippen LogP contribution in [0.1, 0.15) is 23.0 Å². The number of carbonyl (C=O) groups is 2. The summed E-state index contributed by atoms with van der Waals surface area (Å²) in [5, 5.41) is 2.13. The first-order valence-corrected chi connectivity index (χ1v) is 9.22. The van der Waals surface area contributed by atoms with Crippen LogP contribution in [0.25, 0.3) is 10.8 Å². The zero-order chi connectivity index (χ0) is 19.6. The first-order valence-electron chi connectivity index (χ1n) is 9.22. The molecule has 0 aliphatic carbocycles.